The van der Waals surface area contributed by atoms with Crippen LogP contribution in [-0.2, 0) is 6.54 Å². The maximum absolute atomic E-state index is 4.53. The third-order valence-electron chi connectivity index (χ3n) is 2.48. The van der Waals surface area contributed by atoms with E-state index in [1.165, 1.54) is 12.8 Å². The van der Waals surface area contributed by atoms with Gasteiger partial charge < -0.3 is 10.2 Å². The first-order valence-corrected chi connectivity index (χ1v) is 6.40. The SMILES string of the molecule is CCC(CC)NCc1csc(N(C)C)n1. The molecule has 0 aromatic carbocycles. The van der Waals surface area contributed by atoms with E-state index < -0.39 is 0 Å². The van der Waals surface area contributed by atoms with Gasteiger partial charge in [0.25, 0.3) is 0 Å². The van der Waals surface area contributed by atoms with E-state index in [1.54, 1.807) is 11.3 Å². The lowest BCUT2D eigenvalue weighted by Gasteiger charge is -2.13. The molecule has 0 radical (unpaired) electrons. The van der Waals surface area contributed by atoms with E-state index in [9.17, 15) is 0 Å². The summed E-state index contributed by atoms with van der Waals surface area (Å²) in [5, 5.41) is 6.72. The van der Waals surface area contributed by atoms with Crippen molar-refractivity contribution < 1.29 is 0 Å². The summed E-state index contributed by atoms with van der Waals surface area (Å²) in [6.45, 7) is 5.32. The van der Waals surface area contributed by atoms with Crippen molar-refractivity contribution >= 4 is 16.5 Å². The lowest BCUT2D eigenvalue weighted by molar-refractivity contribution is 0.481. The summed E-state index contributed by atoms with van der Waals surface area (Å²) in [6.07, 6.45) is 2.36. The topological polar surface area (TPSA) is 28.2 Å². The van der Waals surface area contributed by atoms with Crippen molar-refractivity contribution in [3.63, 3.8) is 0 Å². The van der Waals surface area contributed by atoms with E-state index >= 15 is 0 Å². The highest BCUT2D eigenvalue weighted by Crippen LogP contribution is 2.17. The second kappa shape index (κ2) is 6.08. The summed E-state index contributed by atoms with van der Waals surface area (Å²) < 4.78 is 0. The molecule has 1 N–H and O–H groups in total. The summed E-state index contributed by atoms with van der Waals surface area (Å²) >= 11 is 1.70. The molecule has 1 rings (SSSR count). The number of anilines is 1. The zero-order valence-electron chi connectivity index (χ0n) is 10.1. The summed E-state index contributed by atoms with van der Waals surface area (Å²) in [5.74, 6) is 0. The van der Waals surface area contributed by atoms with Gasteiger partial charge in [0.05, 0.1) is 5.69 Å². The van der Waals surface area contributed by atoms with Crippen molar-refractivity contribution in [3.8, 4) is 0 Å². The van der Waals surface area contributed by atoms with E-state index in [0.717, 1.165) is 17.4 Å². The predicted molar refractivity (Wildman–Crippen MR) is 67.7 cm³/mol. The number of hydrogen-bond donors (Lipinski definition) is 1. The van der Waals surface area contributed by atoms with Gasteiger partial charge in [-0.1, -0.05) is 13.8 Å². The first-order chi connectivity index (χ1) is 7.17. The molecule has 0 spiro atoms. The van der Waals surface area contributed by atoms with E-state index in [1.807, 2.05) is 19.0 Å². The Morgan fingerprint density at radius 1 is 1.40 bits per heavy atom. The maximum atomic E-state index is 4.53. The lowest BCUT2D eigenvalue weighted by atomic mass is 10.2. The molecule has 0 aliphatic rings. The highest BCUT2D eigenvalue weighted by molar-refractivity contribution is 7.13. The molecule has 0 aliphatic carbocycles. The molecule has 0 unspecified atom stereocenters. The van der Waals surface area contributed by atoms with Crippen LogP contribution in [0, 0.1) is 0 Å². The minimum Gasteiger partial charge on any atom is -0.354 e. The first-order valence-electron chi connectivity index (χ1n) is 5.52. The molecule has 0 saturated carbocycles. The molecule has 0 fully saturated rings. The van der Waals surface area contributed by atoms with Crippen LogP contribution in [0.15, 0.2) is 5.38 Å². The fraction of sp³-hybridized carbons (Fsp3) is 0.727. The molecular weight excluding hydrogens is 206 g/mol. The summed E-state index contributed by atoms with van der Waals surface area (Å²) in [7, 11) is 4.05. The van der Waals surface area contributed by atoms with E-state index in [-0.39, 0.29) is 0 Å². The van der Waals surface area contributed by atoms with Crippen molar-refractivity contribution in [2.45, 2.75) is 39.3 Å². The van der Waals surface area contributed by atoms with Gasteiger partial charge in [0.2, 0.25) is 0 Å². The Labute approximate surface area is 96.5 Å². The second-order valence-electron chi connectivity index (χ2n) is 3.91. The maximum Gasteiger partial charge on any atom is 0.185 e. The molecule has 1 heterocycles. The lowest BCUT2D eigenvalue weighted by Crippen LogP contribution is -2.27. The quantitative estimate of drug-likeness (QED) is 0.809. The molecule has 1 aromatic heterocycles. The molecular formula is C11H21N3S. The molecule has 86 valence electrons. The Morgan fingerprint density at radius 2 is 2.07 bits per heavy atom. The zero-order valence-corrected chi connectivity index (χ0v) is 10.9. The van der Waals surface area contributed by atoms with Crippen molar-refractivity contribution in [1.82, 2.24) is 10.3 Å². The van der Waals surface area contributed by atoms with Crippen LogP contribution in [0.4, 0.5) is 5.13 Å². The molecule has 0 saturated heterocycles. The van der Waals surface area contributed by atoms with Crippen LogP contribution in [0.25, 0.3) is 0 Å². The molecule has 3 nitrogen and oxygen atoms in total. The smallest absolute Gasteiger partial charge is 0.185 e. The molecule has 0 amide bonds. The standard InChI is InChI=1S/C11H21N3S/c1-5-9(6-2)12-7-10-8-15-11(13-10)14(3)4/h8-9,12H,5-7H2,1-4H3. The highest BCUT2D eigenvalue weighted by Gasteiger charge is 2.06. The van der Waals surface area contributed by atoms with Gasteiger partial charge in [-0.15, -0.1) is 11.3 Å². The van der Waals surface area contributed by atoms with Gasteiger partial charge in [0.15, 0.2) is 5.13 Å². The Kier molecular flexibility index (Phi) is 5.05. The number of nitrogens with zero attached hydrogens (tertiary/aromatic N) is 2. The largest absolute Gasteiger partial charge is 0.354 e. The van der Waals surface area contributed by atoms with Gasteiger partial charge in [-0.25, -0.2) is 4.98 Å². The van der Waals surface area contributed by atoms with E-state index in [4.69, 9.17) is 0 Å². The molecule has 0 aliphatic heterocycles. The molecule has 0 bridgehead atoms. The van der Waals surface area contributed by atoms with Crippen molar-refractivity contribution in [2.75, 3.05) is 19.0 Å². The van der Waals surface area contributed by atoms with Crippen LogP contribution in [0.2, 0.25) is 0 Å². The van der Waals surface area contributed by atoms with Crippen molar-refractivity contribution in [3.05, 3.63) is 11.1 Å². The molecule has 4 heteroatoms. The van der Waals surface area contributed by atoms with Gasteiger partial charge in [-0.05, 0) is 12.8 Å². The Morgan fingerprint density at radius 3 is 2.53 bits per heavy atom. The normalized spacial score (nSPS) is 11.0. The predicted octanol–water partition coefficient (Wildman–Crippen LogP) is 2.49. The Balaban J connectivity index is 2.43. The average molecular weight is 227 g/mol. The monoisotopic (exact) mass is 227 g/mol. The van der Waals surface area contributed by atoms with Crippen LogP contribution in [-0.4, -0.2) is 25.1 Å². The number of aromatic nitrogens is 1. The molecule has 15 heavy (non-hydrogen) atoms. The molecule has 0 atom stereocenters. The Hall–Kier alpha value is -0.610. The minimum atomic E-state index is 0.620. The second-order valence-corrected chi connectivity index (χ2v) is 4.75. The van der Waals surface area contributed by atoms with Crippen LogP contribution >= 0.6 is 11.3 Å². The fourth-order valence-corrected chi connectivity index (χ4v) is 2.17. The van der Waals surface area contributed by atoms with E-state index in [0.29, 0.717) is 6.04 Å². The minimum absolute atomic E-state index is 0.620. The number of thiazole rings is 1. The Bertz CT molecular complexity index is 279. The first kappa shape index (κ1) is 12.5. The number of hydrogen-bond acceptors (Lipinski definition) is 4. The van der Waals surface area contributed by atoms with Crippen LogP contribution in [0.5, 0.6) is 0 Å². The summed E-state index contributed by atoms with van der Waals surface area (Å²) in [6, 6.07) is 0.620. The van der Waals surface area contributed by atoms with Gasteiger partial charge >= 0.3 is 0 Å². The van der Waals surface area contributed by atoms with Crippen molar-refractivity contribution in [2.24, 2.45) is 0 Å². The molecule has 1 aromatic rings. The van der Waals surface area contributed by atoms with Gasteiger partial charge in [-0.3, -0.25) is 0 Å². The van der Waals surface area contributed by atoms with Gasteiger partial charge in [0.1, 0.15) is 0 Å². The van der Waals surface area contributed by atoms with Gasteiger partial charge in [-0.2, -0.15) is 0 Å². The highest BCUT2D eigenvalue weighted by atomic mass is 32.1. The van der Waals surface area contributed by atoms with E-state index in [2.05, 4.69) is 29.5 Å². The zero-order chi connectivity index (χ0) is 11.3. The summed E-state index contributed by atoms with van der Waals surface area (Å²) in [4.78, 5) is 6.58. The van der Waals surface area contributed by atoms with Crippen molar-refractivity contribution in [1.29, 1.82) is 0 Å². The third-order valence-corrected chi connectivity index (χ3v) is 3.54. The fourth-order valence-electron chi connectivity index (χ4n) is 1.41. The van der Waals surface area contributed by atoms with Gasteiger partial charge in [0, 0.05) is 32.1 Å². The van der Waals surface area contributed by atoms with Crippen LogP contribution < -0.4 is 10.2 Å². The summed E-state index contributed by atoms with van der Waals surface area (Å²) in [5.41, 5.74) is 1.15. The van der Waals surface area contributed by atoms with Crippen LogP contribution in [0.1, 0.15) is 32.4 Å². The number of nitrogens with one attached hydrogen (secondary N) is 1. The van der Waals surface area contributed by atoms with Crippen LogP contribution in [0.3, 0.4) is 0 Å². The third kappa shape index (κ3) is 3.80. The number of rotatable bonds is 6. The average Bonchev–Trinajstić information content (AvgIpc) is 2.68.